The molecule has 19 heavy (non-hydrogen) atoms. The molecular formula is C15H29N3O. The maximum Gasteiger partial charge on any atom is 0.236 e. The van der Waals surface area contributed by atoms with Crippen molar-refractivity contribution in [1.82, 2.24) is 15.5 Å². The summed E-state index contributed by atoms with van der Waals surface area (Å²) in [4.78, 5) is 14.6. The van der Waals surface area contributed by atoms with Crippen LogP contribution in [0.2, 0.25) is 0 Å². The Morgan fingerprint density at radius 2 is 2.05 bits per heavy atom. The summed E-state index contributed by atoms with van der Waals surface area (Å²) < 4.78 is 0. The average molecular weight is 267 g/mol. The van der Waals surface area contributed by atoms with Crippen LogP contribution in [0.1, 0.15) is 46.5 Å². The lowest BCUT2D eigenvalue weighted by Crippen LogP contribution is -2.49. The maximum absolute atomic E-state index is 12.0. The highest BCUT2D eigenvalue weighted by atomic mass is 16.2. The van der Waals surface area contributed by atoms with E-state index in [1.807, 2.05) is 0 Å². The van der Waals surface area contributed by atoms with Crippen LogP contribution < -0.4 is 10.6 Å². The van der Waals surface area contributed by atoms with E-state index in [2.05, 4.69) is 36.3 Å². The Hall–Kier alpha value is -0.610. The third kappa shape index (κ3) is 3.93. The molecule has 1 heterocycles. The summed E-state index contributed by atoms with van der Waals surface area (Å²) in [5, 5.41) is 6.37. The van der Waals surface area contributed by atoms with E-state index in [0.29, 0.717) is 18.0 Å². The topological polar surface area (TPSA) is 44.4 Å². The van der Waals surface area contributed by atoms with Gasteiger partial charge in [0.15, 0.2) is 0 Å². The van der Waals surface area contributed by atoms with Gasteiger partial charge in [0, 0.05) is 31.7 Å². The van der Waals surface area contributed by atoms with Crippen LogP contribution in [0.15, 0.2) is 0 Å². The Balaban J connectivity index is 1.88. The van der Waals surface area contributed by atoms with Crippen molar-refractivity contribution in [3.05, 3.63) is 0 Å². The van der Waals surface area contributed by atoms with Gasteiger partial charge in [0.25, 0.3) is 0 Å². The molecule has 2 N–H and O–H groups in total. The monoisotopic (exact) mass is 267 g/mol. The molecule has 0 aromatic rings. The van der Waals surface area contributed by atoms with Gasteiger partial charge in [-0.25, -0.2) is 0 Å². The van der Waals surface area contributed by atoms with Gasteiger partial charge >= 0.3 is 0 Å². The van der Waals surface area contributed by atoms with E-state index in [-0.39, 0.29) is 11.9 Å². The number of nitrogens with one attached hydrogen (secondary N) is 2. The van der Waals surface area contributed by atoms with Crippen molar-refractivity contribution in [2.45, 2.75) is 70.6 Å². The van der Waals surface area contributed by atoms with Crippen LogP contribution >= 0.6 is 0 Å². The summed E-state index contributed by atoms with van der Waals surface area (Å²) in [5.74, 6) is 0.666. The molecule has 2 rings (SSSR count). The highest BCUT2D eigenvalue weighted by Crippen LogP contribution is 2.33. The first-order chi connectivity index (χ1) is 9.01. The molecule has 0 radical (unpaired) electrons. The second kappa shape index (κ2) is 6.23. The minimum absolute atomic E-state index is 0.0404. The lowest BCUT2D eigenvalue weighted by molar-refractivity contribution is -0.123. The Morgan fingerprint density at radius 3 is 2.58 bits per heavy atom. The molecule has 1 saturated carbocycles. The summed E-state index contributed by atoms with van der Waals surface area (Å²) in [5.41, 5.74) is 0. The van der Waals surface area contributed by atoms with Crippen molar-refractivity contribution in [2.24, 2.45) is 5.92 Å². The molecule has 1 aliphatic heterocycles. The Labute approximate surface area is 117 Å². The summed E-state index contributed by atoms with van der Waals surface area (Å²) in [7, 11) is 1.73. The van der Waals surface area contributed by atoms with Crippen molar-refractivity contribution in [3.8, 4) is 0 Å². The summed E-state index contributed by atoms with van der Waals surface area (Å²) in [6.45, 7) is 7.77. The van der Waals surface area contributed by atoms with Crippen LogP contribution in [0.5, 0.6) is 0 Å². The normalized spacial score (nSPS) is 29.7. The van der Waals surface area contributed by atoms with Crippen molar-refractivity contribution in [3.63, 3.8) is 0 Å². The largest absolute Gasteiger partial charge is 0.358 e. The lowest BCUT2D eigenvalue weighted by atomic mass is 10.0. The summed E-state index contributed by atoms with van der Waals surface area (Å²) >= 11 is 0. The highest BCUT2D eigenvalue weighted by Gasteiger charge is 2.39. The molecule has 0 aromatic heterocycles. The van der Waals surface area contributed by atoms with Gasteiger partial charge in [-0.05, 0) is 38.5 Å². The molecule has 1 amide bonds. The van der Waals surface area contributed by atoms with E-state index < -0.39 is 0 Å². The van der Waals surface area contributed by atoms with E-state index >= 15 is 0 Å². The number of hydrogen-bond donors (Lipinski definition) is 2. The summed E-state index contributed by atoms with van der Waals surface area (Å²) in [6, 6.07) is 1.91. The fraction of sp³-hybridized carbons (Fsp3) is 0.933. The number of likely N-dealkylation sites (N-methyl/N-ethyl adjacent to an activating group) is 1. The van der Waals surface area contributed by atoms with Crippen molar-refractivity contribution >= 4 is 5.91 Å². The van der Waals surface area contributed by atoms with Gasteiger partial charge in [-0.15, -0.1) is 0 Å². The number of likely N-dealkylation sites (tertiary alicyclic amines) is 1. The fourth-order valence-electron chi connectivity index (χ4n) is 3.27. The van der Waals surface area contributed by atoms with Crippen LogP contribution in [0.3, 0.4) is 0 Å². The minimum Gasteiger partial charge on any atom is -0.358 e. The Bertz CT molecular complexity index is 315. The van der Waals surface area contributed by atoms with E-state index in [0.717, 1.165) is 19.0 Å². The molecule has 4 nitrogen and oxygen atoms in total. The van der Waals surface area contributed by atoms with Crippen LogP contribution in [0.4, 0.5) is 0 Å². The molecule has 3 unspecified atom stereocenters. The predicted octanol–water partition coefficient (Wildman–Crippen LogP) is 1.36. The Kier molecular flexibility index (Phi) is 4.85. The van der Waals surface area contributed by atoms with Crippen molar-refractivity contribution < 1.29 is 4.79 Å². The summed E-state index contributed by atoms with van der Waals surface area (Å²) in [6.07, 6.45) is 4.81. The van der Waals surface area contributed by atoms with Gasteiger partial charge in [-0.3, -0.25) is 9.69 Å². The van der Waals surface area contributed by atoms with Crippen molar-refractivity contribution in [1.29, 1.82) is 0 Å². The third-order valence-corrected chi connectivity index (χ3v) is 4.35. The third-order valence-electron chi connectivity index (χ3n) is 4.35. The van der Waals surface area contributed by atoms with Gasteiger partial charge in [0.05, 0.1) is 6.04 Å². The molecule has 0 aromatic carbocycles. The standard InChI is InChI=1S/C15H29N3O/c1-10(2)7-14(15(19)16-4)17-12-8-11(3)18(9-12)13-5-6-13/h10-14,17H,5-9H2,1-4H3,(H,16,19). The smallest absolute Gasteiger partial charge is 0.236 e. The SMILES string of the molecule is CNC(=O)C(CC(C)C)NC1CC(C)N(C2CC2)C1. The molecule has 2 fully saturated rings. The number of rotatable bonds is 6. The van der Waals surface area contributed by atoms with Gasteiger partial charge in [0.2, 0.25) is 5.91 Å². The number of carbonyl (C=O) groups is 1. The quantitative estimate of drug-likeness (QED) is 0.764. The first-order valence-electron chi connectivity index (χ1n) is 7.74. The zero-order chi connectivity index (χ0) is 14.0. The number of amides is 1. The van der Waals surface area contributed by atoms with Gasteiger partial charge in [-0.2, -0.15) is 0 Å². The molecular weight excluding hydrogens is 238 g/mol. The van der Waals surface area contributed by atoms with Crippen LogP contribution in [-0.2, 0) is 4.79 Å². The van der Waals surface area contributed by atoms with E-state index in [1.165, 1.54) is 19.3 Å². The molecule has 4 heteroatoms. The van der Waals surface area contributed by atoms with Gasteiger partial charge in [-0.1, -0.05) is 13.8 Å². The molecule has 0 spiro atoms. The average Bonchev–Trinajstić information content (AvgIpc) is 3.12. The minimum atomic E-state index is -0.0404. The molecule has 110 valence electrons. The molecule has 0 bridgehead atoms. The first kappa shape index (κ1) is 14.8. The Morgan fingerprint density at radius 1 is 1.37 bits per heavy atom. The second-order valence-electron chi connectivity index (χ2n) is 6.67. The van der Waals surface area contributed by atoms with Crippen LogP contribution in [0.25, 0.3) is 0 Å². The highest BCUT2D eigenvalue weighted by molar-refractivity contribution is 5.81. The molecule has 1 aliphatic carbocycles. The maximum atomic E-state index is 12.0. The molecule has 1 saturated heterocycles. The molecule has 2 aliphatic rings. The number of carbonyl (C=O) groups excluding carboxylic acids is 1. The van der Waals surface area contributed by atoms with Crippen molar-refractivity contribution in [2.75, 3.05) is 13.6 Å². The number of hydrogen-bond acceptors (Lipinski definition) is 3. The fourth-order valence-corrected chi connectivity index (χ4v) is 3.27. The lowest BCUT2D eigenvalue weighted by Gasteiger charge is -2.23. The van der Waals surface area contributed by atoms with E-state index in [1.54, 1.807) is 7.05 Å². The predicted molar refractivity (Wildman–Crippen MR) is 78.0 cm³/mol. The zero-order valence-electron chi connectivity index (χ0n) is 12.8. The molecule has 3 atom stereocenters. The van der Waals surface area contributed by atoms with Crippen LogP contribution in [0, 0.1) is 5.92 Å². The number of nitrogens with zero attached hydrogens (tertiary/aromatic N) is 1. The second-order valence-corrected chi connectivity index (χ2v) is 6.67. The van der Waals surface area contributed by atoms with Crippen LogP contribution in [-0.4, -0.2) is 48.6 Å². The van der Waals surface area contributed by atoms with E-state index in [4.69, 9.17) is 0 Å². The van der Waals surface area contributed by atoms with E-state index in [9.17, 15) is 4.79 Å². The van der Waals surface area contributed by atoms with Gasteiger partial charge < -0.3 is 10.6 Å². The zero-order valence-corrected chi connectivity index (χ0v) is 12.8. The first-order valence-corrected chi connectivity index (χ1v) is 7.74. The van der Waals surface area contributed by atoms with Gasteiger partial charge in [0.1, 0.15) is 0 Å².